The fraction of sp³-hybridized carbons (Fsp3) is 0.429. The van der Waals surface area contributed by atoms with Gasteiger partial charge in [-0.15, -0.1) is 0 Å². The van der Waals surface area contributed by atoms with Gasteiger partial charge in [-0.2, -0.15) is 5.26 Å². The Morgan fingerprint density at radius 1 is 1.44 bits per heavy atom. The number of nitrogens with zero attached hydrogens (tertiary/aromatic N) is 2. The van der Waals surface area contributed by atoms with Gasteiger partial charge in [-0.05, 0) is 25.1 Å². The zero-order chi connectivity index (χ0) is 13.4. The van der Waals surface area contributed by atoms with E-state index in [-0.39, 0.29) is 12.2 Å². The maximum atomic E-state index is 11.3. The Hall–Kier alpha value is -1.86. The number of hydrogen-bond acceptors (Lipinski definition) is 4. The van der Waals surface area contributed by atoms with E-state index >= 15 is 0 Å². The van der Waals surface area contributed by atoms with Crippen molar-refractivity contribution in [2.75, 3.05) is 27.2 Å². The van der Waals surface area contributed by atoms with Gasteiger partial charge < -0.3 is 4.74 Å². The molecule has 0 aliphatic carbocycles. The van der Waals surface area contributed by atoms with E-state index in [2.05, 4.69) is 0 Å². The summed E-state index contributed by atoms with van der Waals surface area (Å²) in [5.74, 6) is 0.828. The van der Waals surface area contributed by atoms with Crippen LogP contribution in [0, 0.1) is 11.3 Å². The fourth-order valence-corrected chi connectivity index (χ4v) is 1.75. The van der Waals surface area contributed by atoms with E-state index < -0.39 is 0 Å². The van der Waals surface area contributed by atoms with Gasteiger partial charge in [-0.25, -0.2) is 0 Å². The van der Waals surface area contributed by atoms with E-state index in [9.17, 15) is 4.79 Å². The third kappa shape index (κ3) is 4.56. The molecule has 0 saturated carbocycles. The van der Waals surface area contributed by atoms with Crippen molar-refractivity contribution in [3.05, 3.63) is 29.8 Å². The standard InChI is InChI=1S/C14H18N2O2/c1-16(11-13(17)7-9-15)10-8-12-5-3-4-6-14(12)18-2/h3-6H,7-8,10-11H2,1-2H3. The smallest absolute Gasteiger partial charge is 0.160 e. The largest absolute Gasteiger partial charge is 0.496 e. The van der Waals surface area contributed by atoms with Crippen LogP contribution in [0.1, 0.15) is 12.0 Å². The number of benzene rings is 1. The molecule has 18 heavy (non-hydrogen) atoms. The Bertz CT molecular complexity index is 438. The van der Waals surface area contributed by atoms with Crippen LogP contribution < -0.4 is 4.74 Å². The van der Waals surface area contributed by atoms with Gasteiger partial charge in [0.2, 0.25) is 0 Å². The Labute approximate surface area is 108 Å². The number of para-hydroxylation sites is 1. The summed E-state index contributed by atoms with van der Waals surface area (Å²) in [6.45, 7) is 1.08. The summed E-state index contributed by atoms with van der Waals surface area (Å²) in [6.07, 6.45) is 0.805. The van der Waals surface area contributed by atoms with Gasteiger partial charge in [-0.1, -0.05) is 18.2 Å². The first-order valence-electron chi connectivity index (χ1n) is 5.86. The molecular weight excluding hydrogens is 228 g/mol. The van der Waals surface area contributed by atoms with Crippen molar-refractivity contribution < 1.29 is 9.53 Å². The predicted octanol–water partition coefficient (Wildman–Crippen LogP) is 1.65. The lowest BCUT2D eigenvalue weighted by Gasteiger charge is -2.16. The normalized spacial score (nSPS) is 10.1. The van der Waals surface area contributed by atoms with Crippen molar-refractivity contribution in [3.63, 3.8) is 0 Å². The highest BCUT2D eigenvalue weighted by molar-refractivity contribution is 5.82. The number of ketones is 1. The second kappa shape index (κ2) is 7.46. The summed E-state index contributed by atoms with van der Waals surface area (Å²) in [5, 5.41) is 8.42. The number of rotatable bonds is 7. The zero-order valence-electron chi connectivity index (χ0n) is 10.8. The van der Waals surface area contributed by atoms with Crippen molar-refractivity contribution in [3.8, 4) is 11.8 Å². The van der Waals surface area contributed by atoms with Crippen molar-refractivity contribution in [1.82, 2.24) is 4.90 Å². The van der Waals surface area contributed by atoms with E-state index in [1.54, 1.807) is 7.11 Å². The third-order valence-corrected chi connectivity index (χ3v) is 2.68. The second-order valence-corrected chi connectivity index (χ2v) is 4.17. The van der Waals surface area contributed by atoms with Crippen molar-refractivity contribution >= 4 is 5.78 Å². The third-order valence-electron chi connectivity index (χ3n) is 2.68. The molecule has 4 heteroatoms. The molecule has 96 valence electrons. The van der Waals surface area contributed by atoms with Crippen LogP contribution in [0.3, 0.4) is 0 Å². The number of Topliss-reactive ketones (excluding diaryl/α,β-unsaturated/α-hetero) is 1. The molecule has 0 atom stereocenters. The van der Waals surface area contributed by atoms with Crippen LogP contribution in [0.25, 0.3) is 0 Å². The summed E-state index contributed by atoms with van der Waals surface area (Å²) in [6, 6.07) is 9.72. The molecule has 1 rings (SSSR count). The van der Waals surface area contributed by atoms with Crippen LogP contribution in [0.2, 0.25) is 0 Å². The number of nitriles is 1. The van der Waals surface area contributed by atoms with E-state index in [1.165, 1.54) is 0 Å². The minimum atomic E-state index is -0.0416. The fourth-order valence-electron chi connectivity index (χ4n) is 1.75. The molecule has 0 saturated heterocycles. The van der Waals surface area contributed by atoms with Crippen LogP contribution in [0.15, 0.2) is 24.3 Å². The Morgan fingerprint density at radius 3 is 2.83 bits per heavy atom. The zero-order valence-corrected chi connectivity index (χ0v) is 10.8. The van der Waals surface area contributed by atoms with Crippen LogP contribution in [0.4, 0.5) is 0 Å². The molecule has 0 amide bonds. The van der Waals surface area contributed by atoms with Crippen LogP contribution in [-0.4, -0.2) is 37.9 Å². The molecule has 0 heterocycles. The number of hydrogen-bond donors (Lipinski definition) is 0. The van der Waals surface area contributed by atoms with E-state index in [1.807, 2.05) is 42.3 Å². The molecule has 0 bridgehead atoms. The first-order chi connectivity index (χ1) is 8.67. The highest BCUT2D eigenvalue weighted by atomic mass is 16.5. The number of carbonyl (C=O) groups is 1. The second-order valence-electron chi connectivity index (χ2n) is 4.17. The van der Waals surface area contributed by atoms with E-state index in [4.69, 9.17) is 10.00 Å². The lowest BCUT2D eigenvalue weighted by Crippen LogP contribution is -2.27. The number of methoxy groups -OCH3 is 1. The molecule has 0 aliphatic heterocycles. The molecular formula is C14H18N2O2. The number of ether oxygens (including phenoxy) is 1. The van der Waals surface area contributed by atoms with E-state index in [0.29, 0.717) is 6.54 Å². The minimum absolute atomic E-state index is 0.0149. The maximum absolute atomic E-state index is 11.3. The summed E-state index contributed by atoms with van der Waals surface area (Å²) in [5.41, 5.74) is 1.12. The minimum Gasteiger partial charge on any atom is -0.496 e. The molecule has 0 N–H and O–H groups in total. The molecule has 0 aliphatic rings. The molecule has 0 unspecified atom stereocenters. The SMILES string of the molecule is COc1ccccc1CCN(C)CC(=O)CC#N. The first-order valence-corrected chi connectivity index (χ1v) is 5.86. The van der Waals surface area contributed by atoms with Gasteiger partial charge in [0.1, 0.15) is 5.75 Å². The predicted molar refractivity (Wildman–Crippen MR) is 69.4 cm³/mol. The molecule has 1 aromatic rings. The Kier molecular flexibility index (Phi) is 5.89. The monoisotopic (exact) mass is 246 g/mol. The van der Waals surface area contributed by atoms with Gasteiger partial charge >= 0.3 is 0 Å². The average molecular weight is 246 g/mol. The van der Waals surface area contributed by atoms with Gasteiger partial charge in [0.15, 0.2) is 5.78 Å². The van der Waals surface area contributed by atoms with Crippen LogP contribution in [-0.2, 0) is 11.2 Å². The molecule has 4 nitrogen and oxygen atoms in total. The summed E-state index contributed by atoms with van der Waals surface area (Å²) in [4.78, 5) is 13.2. The van der Waals surface area contributed by atoms with Gasteiger partial charge in [0.05, 0.1) is 26.1 Å². The Balaban J connectivity index is 2.45. The van der Waals surface area contributed by atoms with Gasteiger partial charge in [0.25, 0.3) is 0 Å². The van der Waals surface area contributed by atoms with Crippen molar-refractivity contribution in [2.24, 2.45) is 0 Å². The van der Waals surface area contributed by atoms with Crippen LogP contribution >= 0.6 is 0 Å². The van der Waals surface area contributed by atoms with Crippen LogP contribution in [0.5, 0.6) is 5.75 Å². The molecule has 0 radical (unpaired) electrons. The number of carbonyl (C=O) groups excluding carboxylic acids is 1. The highest BCUT2D eigenvalue weighted by Gasteiger charge is 2.07. The molecule has 0 spiro atoms. The van der Waals surface area contributed by atoms with E-state index in [0.717, 1.165) is 24.3 Å². The quantitative estimate of drug-likeness (QED) is 0.734. The molecule has 0 aromatic heterocycles. The van der Waals surface area contributed by atoms with Gasteiger partial charge in [-0.3, -0.25) is 9.69 Å². The van der Waals surface area contributed by atoms with Crippen molar-refractivity contribution in [2.45, 2.75) is 12.8 Å². The lowest BCUT2D eigenvalue weighted by molar-refractivity contribution is -0.118. The molecule has 1 aromatic carbocycles. The summed E-state index contributed by atoms with van der Waals surface area (Å²) in [7, 11) is 3.53. The Morgan fingerprint density at radius 2 is 2.17 bits per heavy atom. The highest BCUT2D eigenvalue weighted by Crippen LogP contribution is 2.17. The maximum Gasteiger partial charge on any atom is 0.160 e. The number of likely N-dealkylation sites (N-methyl/N-ethyl adjacent to an activating group) is 1. The van der Waals surface area contributed by atoms with Gasteiger partial charge in [0, 0.05) is 6.54 Å². The summed E-state index contributed by atoms with van der Waals surface area (Å²) < 4.78 is 5.27. The summed E-state index contributed by atoms with van der Waals surface area (Å²) >= 11 is 0. The van der Waals surface area contributed by atoms with Crippen molar-refractivity contribution in [1.29, 1.82) is 5.26 Å². The average Bonchev–Trinajstić information content (AvgIpc) is 2.37. The molecule has 0 fully saturated rings. The lowest BCUT2D eigenvalue weighted by atomic mass is 10.1. The topological polar surface area (TPSA) is 53.3 Å². The first kappa shape index (κ1) is 14.2.